The maximum atomic E-state index is 12.7. The number of hydrogen-bond donors (Lipinski definition) is 1. The number of sulfonamides is 1. The molecule has 0 saturated carbocycles. The summed E-state index contributed by atoms with van der Waals surface area (Å²) in [4.78, 5) is 16.9. The van der Waals surface area contributed by atoms with Gasteiger partial charge in [0.05, 0.1) is 12.0 Å². The van der Waals surface area contributed by atoms with Gasteiger partial charge in [-0.1, -0.05) is 24.3 Å². The van der Waals surface area contributed by atoms with Gasteiger partial charge in [0.15, 0.2) is 0 Å². The second kappa shape index (κ2) is 10.7. The zero-order valence-corrected chi connectivity index (χ0v) is 20.7. The Morgan fingerprint density at radius 1 is 0.943 bits per heavy atom. The molecule has 1 saturated heterocycles. The van der Waals surface area contributed by atoms with Crippen molar-refractivity contribution in [1.29, 1.82) is 0 Å². The molecule has 1 aliphatic rings. The van der Waals surface area contributed by atoms with Gasteiger partial charge in [0.1, 0.15) is 5.75 Å². The van der Waals surface area contributed by atoms with E-state index in [0.29, 0.717) is 24.5 Å². The largest absolute Gasteiger partial charge is 0.497 e. The van der Waals surface area contributed by atoms with E-state index in [4.69, 9.17) is 4.74 Å². The number of piperazine rings is 1. The van der Waals surface area contributed by atoms with Crippen LogP contribution in [0, 0.1) is 6.92 Å². The molecule has 0 bridgehead atoms. The van der Waals surface area contributed by atoms with Crippen LogP contribution in [0.1, 0.15) is 11.1 Å². The number of carbonyl (C=O) groups excluding carboxylic acids is 1. The number of nitrogens with zero attached hydrogens (tertiary/aromatic N) is 2. The minimum atomic E-state index is -3.72. The van der Waals surface area contributed by atoms with Crippen LogP contribution in [0.2, 0.25) is 0 Å². The second-order valence-electron chi connectivity index (χ2n) is 8.39. The molecule has 3 aromatic carbocycles. The molecule has 1 amide bonds. The summed E-state index contributed by atoms with van der Waals surface area (Å²) in [6.07, 6.45) is 3.25. The number of carbonyl (C=O) groups is 1. The number of anilines is 2. The minimum absolute atomic E-state index is 0.0493. The van der Waals surface area contributed by atoms with E-state index in [1.807, 2.05) is 4.90 Å². The topological polar surface area (TPSA) is 78.9 Å². The van der Waals surface area contributed by atoms with Gasteiger partial charge in [0.2, 0.25) is 5.91 Å². The SMILES string of the molecule is COc1ccc(NS(=O)(=O)c2ccc(/C=C/C(=O)N3CCN(c4cccc(C)c4)CC3)cc2)cc1. The van der Waals surface area contributed by atoms with Gasteiger partial charge in [-0.25, -0.2) is 8.42 Å². The van der Waals surface area contributed by atoms with Crippen LogP contribution in [0.3, 0.4) is 0 Å². The molecule has 182 valence electrons. The normalized spacial score (nSPS) is 14.2. The summed E-state index contributed by atoms with van der Waals surface area (Å²) in [5.74, 6) is 0.596. The Labute approximate surface area is 206 Å². The summed E-state index contributed by atoms with van der Waals surface area (Å²) in [7, 11) is -2.17. The summed E-state index contributed by atoms with van der Waals surface area (Å²) in [5.41, 5.74) is 3.60. The number of ether oxygens (including phenoxy) is 1. The maximum Gasteiger partial charge on any atom is 0.261 e. The number of methoxy groups -OCH3 is 1. The van der Waals surface area contributed by atoms with Gasteiger partial charge >= 0.3 is 0 Å². The van der Waals surface area contributed by atoms with E-state index in [1.54, 1.807) is 55.7 Å². The van der Waals surface area contributed by atoms with Crippen molar-refractivity contribution in [3.63, 3.8) is 0 Å². The second-order valence-corrected chi connectivity index (χ2v) is 10.1. The molecule has 8 heteroatoms. The van der Waals surface area contributed by atoms with Gasteiger partial charge in [-0.15, -0.1) is 0 Å². The van der Waals surface area contributed by atoms with E-state index in [2.05, 4.69) is 40.8 Å². The molecule has 35 heavy (non-hydrogen) atoms. The number of benzene rings is 3. The van der Waals surface area contributed by atoms with Crippen molar-refractivity contribution in [2.45, 2.75) is 11.8 Å². The Morgan fingerprint density at radius 2 is 1.63 bits per heavy atom. The van der Waals surface area contributed by atoms with Gasteiger partial charge in [0.25, 0.3) is 10.0 Å². The molecule has 3 aromatic rings. The van der Waals surface area contributed by atoms with E-state index >= 15 is 0 Å². The summed E-state index contributed by atoms with van der Waals surface area (Å²) >= 11 is 0. The van der Waals surface area contributed by atoms with Crippen molar-refractivity contribution in [1.82, 2.24) is 4.90 Å². The number of rotatable bonds is 7. The summed E-state index contributed by atoms with van der Waals surface area (Å²) < 4.78 is 33.0. The highest BCUT2D eigenvalue weighted by atomic mass is 32.2. The molecule has 0 unspecified atom stereocenters. The molecular weight excluding hydrogens is 462 g/mol. The Bertz CT molecular complexity index is 1300. The predicted molar refractivity (Wildman–Crippen MR) is 139 cm³/mol. The van der Waals surface area contributed by atoms with Crippen LogP contribution in [0.5, 0.6) is 5.75 Å². The Kier molecular flexibility index (Phi) is 7.41. The third-order valence-electron chi connectivity index (χ3n) is 5.91. The van der Waals surface area contributed by atoms with Gasteiger partial charge in [-0.05, 0) is 72.7 Å². The number of amides is 1. The molecule has 7 nitrogen and oxygen atoms in total. The fraction of sp³-hybridized carbons (Fsp3) is 0.222. The van der Waals surface area contributed by atoms with Crippen LogP contribution in [-0.2, 0) is 14.8 Å². The molecule has 1 aliphatic heterocycles. The minimum Gasteiger partial charge on any atom is -0.497 e. The van der Waals surface area contributed by atoms with E-state index in [9.17, 15) is 13.2 Å². The lowest BCUT2D eigenvalue weighted by Crippen LogP contribution is -2.48. The lowest BCUT2D eigenvalue weighted by Gasteiger charge is -2.35. The number of hydrogen-bond acceptors (Lipinski definition) is 5. The average Bonchev–Trinajstić information content (AvgIpc) is 2.88. The molecule has 0 atom stereocenters. The third-order valence-corrected chi connectivity index (χ3v) is 7.31. The number of aryl methyl sites for hydroxylation is 1. The molecular formula is C27H29N3O4S. The summed E-state index contributed by atoms with van der Waals surface area (Å²) in [5, 5.41) is 0. The maximum absolute atomic E-state index is 12.7. The van der Waals surface area contributed by atoms with Crippen LogP contribution in [0.25, 0.3) is 6.08 Å². The lowest BCUT2D eigenvalue weighted by molar-refractivity contribution is -0.126. The molecule has 1 heterocycles. The highest BCUT2D eigenvalue weighted by molar-refractivity contribution is 7.92. The summed E-state index contributed by atoms with van der Waals surface area (Å²) in [6, 6.07) is 21.5. The van der Waals surface area contributed by atoms with Crippen molar-refractivity contribution in [3.05, 3.63) is 90.0 Å². The van der Waals surface area contributed by atoms with E-state index < -0.39 is 10.0 Å². The van der Waals surface area contributed by atoms with Crippen molar-refractivity contribution in [2.24, 2.45) is 0 Å². The first-order valence-electron chi connectivity index (χ1n) is 11.4. The zero-order chi connectivity index (χ0) is 24.8. The van der Waals surface area contributed by atoms with E-state index in [0.717, 1.165) is 18.7 Å². The lowest BCUT2D eigenvalue weighted by atomic mass is 10.2. The van der Waals surface area contributed by atoms with Crippen LogP contribution in [0.4, 0.5) is 11.4 Å². The quantitative estimate of drug-likeness (QED) is 0.502. The number of nitrogens with one attached hydrogen (secondary N) is 1. The van der Waals surface area contributed by atoms with Crippen molar-refractivity contribution >= 4 is 33.4 Å². The van der Waals surface area contributed by atoms with Crippen molar-refractivity contribution < 1.29 is 17.9 Å². The first-order valence-corrected chi connectivity index (χ1v) is 12.9. The van der Waals surface area contributed by atoms with Crippen molar-refractivity contribution in [2.75, 3.05) is 42.9 Å². The van der Waals surface area contributed by atoms with E-state index in [1.165, 1.54) is 23.4 Å². The highest BCUT2D eigenvalue weighted by Crippen LogP contribution is 2.21. The highest BCUT2D eigenvalue weighted by Gasteiger charge is 2.20. The fourth-order valence-electron chi connectivity index (χ4n) is 3.91. The van der Waals surface area contributed by atoms with E-state index in [-0.39, 0.29) is 10.8 Å². The monoisotopic (exact) mass is 491 g/mol. The van der Waals surface area contributed by atoms with Crippen molar-refractivity contribution in [3.8, 4) is 5.75 Å². The average molecular weight is 492 g/mol. The van der Waals surface area contributed by atoms with Gasteiger partial charge < -0.3 is 14.5 Å². The smallest absolute Gasteiger partial charge is 0.261 e. The Hall–Kier alpha value is -3.78. The molecule has 0 spiro atoms. The molecule has 1 N–H and O–H groups in total. The zero-order valence-electron chi connectivity index (χ0n) is 19.8. The van der Waals surface area contributed by atoms with Gasteiger partial charge in [-0.2, -0.15) is 0 Å². The summed E-state index contributed by atoms with van der Waals surface area (Å²) in [6.45, 7) is 4.97. The molecule has 1 fully saturated rings. The molecule has 0 radical (unpaired) electrons. The van der Waals surface area contributed by atoms with Crippen LogP contribution in [-0.4, -0.2) is 52.5 Å². The Morgan fingerprint density at radius 3 is 2.26 bits per heavy atom. The van der Waals surface area contributed by atoms with Crippen LogP contribution >= 0.6 is 0 Å². The standard InChI is InChI=1S/C27H29N3O4S/c1-21-4-3-5-24(20-21)29-16-18-30(19-17-29)27(31)15-8-22-6-13-26(14-7-22)35(32,33)28-23-9-11-25(34-2)12-10-23/h3-15,20,28H,16-19H2,1-2H3/b15-8+. The predicted octanol–water partition coefficient (Wildman–Crippen LogP) is 4.17. The molecule has 0 aromatic heterocycles. The van der Waals surface area contributed by atoms with Gasteiger partial charge in [0, 0.05) is 43.6 Å². The molecule has 4 rings (SSSR count). The first kappa shape index (κ1) is 24.3. The van der Waals surface area contributed by atoms with Crippen LogP contribution in [0.15, 0.2) is 83.8 Å². The Balaban J connectivity index is 1.32. The molecule has 0 aliphatic carbocycles. The van der Waals surface area contributed by atoms with Crippen LogP contribution < -0.4 is 14.4 Å². The fourth-order valence-corrected chi connectivity index (χ4v) is 4.97. The first-order chi connectivity index (χ1) is 16.8. The van der Waals surface area contributed by atoms with Gasteiger partial charge in [-0.3, -0.25) is 9.52 Å². The third kappa shape index (κ3) is 6.22.